The van der Waals surface area contributed by atoms with E-state index in [-0.39, 0.29) is 12.0 Å². The highest BCUT2D eigenvalue weighted by molar-refractivity contribution is 5.63. The molecule has 0 aliphatic carbocycles. The molecule has 106 valence electrons. The van der Waals surface area contributed by atoms with Crippen molar-refractivity contribution in [1.29, 1.82) is 0 Å². The molecule has 1 aliphatic rings. The summed E-state index contributed by atoms with van der Waals surface area (Å²) in [5, 5.41) is 4.03. The monoisotopic (exact) mass is 275 g/mol. The van der Waals surface area contributed by atoms with Crippen molar-refractivity contribution in [2.75, 3.05) is 19.8 Å². The summed E-state index contributed by atoms with van der Waals surface area (Å²) < 4.78 is 16.2. The predicted octanol–water partition coefficient (Wildman–Crippen LogP) is 1.58. The fourth-order valence-corrected chi connectivity index (χ4v) is 2.25. The molecule has 6 nitrogen and oxygen atoms in total. The van der Waals surface area contributed by atoms with Crippen LogP contribution in [0, 0.1) is 0 Å². The van der Waals surface area contributed by atoms with Gasteiger partial charge < -0.3 is 19.7 Å². The number of para-hydroxylation sites is 1. The molecule has 0 spiro atoms. The molecule has 1 fully saturated rings. The van der Waals surface area contributed by atoms with E-state index in [1.54, 1.807) is 0 Å². The Morgan fingerprint density at radius 3 is 2.95 bits per heavy atom. The highest BCUT2D eigenvalue weighted by Gasteiger charge is 2.31. The molecule has 2 aromatic rings. The molecule has 20 heavy (non-hydrogen) atoms. The second kappa shape index (κ2) is 5.60. The molecule has 3 rings (SSSR count). The SMILES string of the molecule is CCOc1ccccc1-c1noc(C2COCC2N)n1. The molecule has 1 aliphatic heterocycles. The number of benzene rings is 1. The van der Waals surface area contributed by atoms with Crippen molar-refractivity contribution in [1.82, 2.24) is 10.1 Å². The lowest BCUT2D eigenvalue weighted by Crippen LogP contribution is -2.26. The van der Waals surface area contributed by atoms with Crippen LogP contribution in [0.3, 0.4) is 0 Å². The summed E-state index contributed by atoms with van der Waals surface area (Å²) in [6.07, 6.45) is 0. The summed E-state index contributed by atoms with van der Waals surface area (Å²) in [5.41, 5.74) is 6.78. The van der Waals surface area contributed by atoms with E-state index in [0.717, 1.165) is 11.3 Å². The molecule has 1 aromatic heterocycles. The standard InChI is InChI=1S/C14H17N3O3/c1-2-19-12-6-4-3-5-9(12)13-16-14(20-17-13)10-7-18-8-11(10)15/h3-6,10-11H,2,7-8,15H2,1H3. The van der Waals surface area contributed by atoms with Crippen molar-refractivity contribution in [3.8, 4) is 17.1 Å². The first-order valence-corrected chi connectivity index (χ1v) is 6.68. The Kier molecular flexibility index (Phi) is 3.66. The molecule has 2 unspecified atom stereocenters. The Morgan fingerprint density at radius 1 is 1.35 bits per heavy atom. The number of hydrogen-bond acceptors (Lipinski definition) is 6. The van der Waals surface area contributed by atoms with Gasteiger partial charge in [-0.05, 0) is 19.1 Å². The molecule has 0 amide bonds. The van der Waals surface area contributed by atoms with Gasteiger partial charge in [0.15, 0.2) is 0 Å². The van der Waals surface area contributed by atoms with Gasteiger partial charge in [0.2, 0.25) is 11.7 Å². The van der Waals surface area contributed by atoms with Crippen molar-refractivity contribution in [3.63, 3.8) is 0 Å². The van der Waals surface area contributed by atoms with E-state index in [0.29, 0.717) is 31.5 Å². The summed E-state index contributed by atoms with van der Waals surface area (Å²) in [7, 11) is 0. The van der Waals surface area contributed by atoms with E-state index in [9.17, 15) is 0 Å². The Hall–Kier alpha value is -1.92. The molecule has 2 heterocycles. The third kappa shape index (κ3) is 2.39. The summed E-state index contributed by atoms with van der Waals surface area (Å²) in [5.74, 6) is 1.75. The zero-order valence-corrected chi connectivity index (χ0v) is 11.3. The van der Waals surface area contributed by atoms with Crippen molar-refractivity contribution in [2.45, 2.75) is 18.9 Å². The Morgan fingerprint density at radius 2 is 2.20 bits per heavy atom. The molecule has 2 N–H and O–H groups in total. The first kappa shape index (κ1) is 13.1. The normalized spacial score (nSPS) is 22.1. The average Bonchev–Trinajstić information content (AvgIpc) is 3.08. The van der Waals surface area contributed by atoms with Crippen LogP contribution in [-0.2, 0) is 4.74 Å². The van der Waals surface area contributed by atoms with Crippen LogP contribution in [0.1, 0.15) is 18.7 Å². The average molecular weight is 275 g/mol. The maximum Gasteiger partial charge on any atom is 0.234 e. The van der Waals surface area contributed by atoms with Crippen molar-refractivity contribution < 1.29 is 14.0 Å². The first-order valence-electron chi connectivity index (χ1n) is 6.68. The van der Waals surface area contributed by atoms with Crippen LogP contribution in [0.15, 0.2) is 28.8 Å². The Labute approximate surface area is 116 Å². The van der Waals surface area contributed by atoms with Crippen molar-refractivity contribution in [3.05, 3.63) is 30.2 Å². The zero-order valence-electron chi connectivity index (χ0n) is 11.3. The highest BCUT2D eigenvalue weighted by atomic mass is 16.5. The lowest BCUT2D eigenvalue weighted by molar-refractivity contribution is 0.187. The third-order valence-corrected chi connectivity index (χ3v) is 3.31. The minimum Gasteiger partial charge on any atom is -0.493 e. The topological polar surface area (TPSA) is 83.4 Å². The van der Waals surface area contributed by atoms with Gasteiger partial charge in [-0.25, -0.2) is 0 Å². The minimum atomic E-state index is -0.0922. The predicted molar refractivity (Wildman–Crippen MR) is 72.4 cm³/mol. The number of aromatic nitrogens is 2. The van der Waals surface area contributed by atoms with Gasteiger partial charge in [-0.3, -0.25) is 0 Å². The summed E-state index contributed by atoms with van der Waals surface area (Å²) in [6.45, 7) is 3.57. The minimum absolute atomic E-state index is 0.0319. The molecule has 1 saturated heterocycles. The second-order valence-electron chi connectivity index (χ2n) is 4.69. The summed E-state index contributed by atoms with van der Waals surface area (Å²) >= 11 is 0. The van der Waals surface area contributed by atoms with Gasteiger partial charge in [0.05, 0.1) is 31.3 Å². The summed E-state index contributed by atoms with van der Waals surface area (Å²) in [4.78, 5) is 4.44. The zero-order chi connectivity index (χ0) is 13.9. The van der Waals surface area contributed by atoms with Crippen LogP contribution in [0.25, 0.3) is 11.4 Å². The molecule has 2 atom stereocenters. The van der Waals surface area contributed by atoms with Gasteiger partial charge in [0.1, 0.15) is 5.75 Å². The third-order valence-electron chi connectivity index (χ3n) is 3.31. The quantitative estimate of drug-likeness (QED) is 0.912. The van der Waals surface area contributed by atoms with Gasteiger partial charge in [-0.15, -0.1) is 0 Å². The van der Waals surface area contributed by atoms with Gasteiger partial charge in [0.25, 0.3) is 0 Å². The van der Waals surface area contributed by atoms with Crippen LogP contribution in [-0.4, -0.2) is 36.0 Å². The van der Waals surface area contributed by atoms with Crippen LogP contribution in [0.5, 0.6) is 5.75 Å². The first-order chi connectivity index (χ1) is 9.79. The maximum absolute atomic E-state index is 5.96. The number of ether oxygens (including phenoxy) is 2. The molecular weight excluding hydrogens is 258 g/mol. The van der Waals surface area contributed by atoms with Gasteiger partial charge in [-0.1, -0.05) is 17.3 Å². The van der Waals surface area contributed by atoms with E-state index in [1.807, 2.05) is 31.2 Å². The van der Waals surface area contributed by atoms with Crippen LogP contribution < -0.4 is 10.5 Å². The number of rotatable bonds is 4. The molecule has 0 radical (unpaired) electrons. The van der Waals surface area contributed by atoms with E-state index in [4.69, 9.17) is 19.7 Å². The Bertz CT molecular complexity index is 585. The van der Waals surface area contributed by atoms with E-state index < -0.39 is 0 Å². The Balaban J connectivity index is 1.90. The molecule has 0 saturated carbocycles. The van der Waals surface area contributed by atoms with Gasteiger partial charge in [-0.2, -0.15) is 4.98 Å². The van der Waals surface area contributed by atoms with Crippen molar-refractivity contribution in [2.24, 2.45) is 5.73 Å². The van der Waals surface area contributed by atoms with E-state index in [2.05, 4.69) is 10.1 Å². The van der Waals surface area contributed by atoms with Crippen LogP contribution >= 0.6 is 0 Å². The van der Waals surface area contributed by atoms with Gasteiger partial charge >= 0.3 is 0 Å². The molecule has 6 heteroatoms. The maximum atomic E-state index is 5.96. The fourth-order valence-electron chi connectivity index (χ4n) is 2.25. The lowest BCUT2D eigenvalue weighted by Gasteiger charge is -2.07. The summed E-state index contributed by atoms with van der Waals surface area (Å²) in [6, 6.07) is 7.53. The largest absolute Gasteiger partial charge is 0.493 e. The molecule has 0 bridgehead atoms. The fraction of sp³-hybridized carbons (Fsp3) is 0.429. The number of hydrogen-bond donors (Lipinski definition) is 1. The van der Waals surface area contributed by atoms with Crippen LogP contribution in [0.4, 0.5) is 0 Å². The number of nitrogens with zero attached hydrogens (tertiary/aromatic N) is 2. The van der Waals surface area contributed by atoms with Gasteiger partial charge in [0, 0.05) is 6.04 Å². The lowest BCUT2D eigenvalue weighted by atomic mass is 10.1. The van der Waals surface area contributed by atoms with E-state index in [1.165, 1.54) is 0 Å². The van der Waals surface area contributed by atoms with E-state index >= 15 is 0 Å². The number of nitrogens with two attached hydrogens (primary N) is 1. The molecular formula is C14H17N3O3. The van der Waals surface area contributed by atoms with Crippen LogP contribution in [0.2, 0.25) is 0 Å². The second-order valence-corrected chi connectivity index (χ2v) is 4.69. The molecule has 1 aromatic carbocycles. The smallest absolute Gasteiger partial charge is 0.234 e. The van der Waals surface area contributed by atoms with Crippen molar-refractivity contribution >= 4 is 0 Å². The highest BCUT2D eigenvalue weighted by Crippen LogP contribution is 2.30.